The number of nitrogens with zero attached hydrogens (tertiary/aromatic N) is 2. The molecule has 0 aliphatic heterocycles. The lowest BCUT2D eigenvalue weighted by molar-refractivity contribution is 0.0697. The van der Waals surface area contributed by atoms with Gasteiger partial charge < -0.3 is 10.4 Å². The van der Waals surface area contributed by atoms with E-state index >= 15 is 0 Å². The molecule has 0 aliphatic rings. The van der Waals surface area contributed by atoms with Crippen LogP contribution in [0.3, 0.4) is 0 Å². The summed E-state index contributed by atoms with van der Waals surface area (Å²) in [6.07, 6.45) is 3.06. The van der Waals surface area contributed by atoms with E-state index in [2.05, 4.69) is 17.3 Å². The number of aryl methyl sites for hydroxylation is 1. The topological polar surface area (TPSA) is 67.2 Å². The third-order valence-corrected chi connectivity index (χ3v) is 2.98. The third kappa shape index (κ3) is 3.93. The van der Waals surface area contributed by atoms with Gasteiger partial charge in [-0.05, 0) is 30.2 Å². The molecular formula is C15H19N3O2. The molecule has 0 unspecified atom stereocenters. The standard InChI is InChI=1S/C15H19N3O2/c1-2-8-18-9-7-14(17-18)11-16-10-12-3-5-13(6-4-12)15(19)20/h3-7,9,16H,2,8,10-11H2,1H3,(H,19,20). The first-order valence-corrected chi connectivity index (χ1v) is 6.74. The van der Waals surface area contributed by atoms with E-state index in [1.165, 1.54) is 0 Å². The Kier molecular flexibility index (Phi) is 4.90. The zero-order chi connectivity index (χ0) is 14.4. The molecule has 0 radical (unpaired) electrons. The lowest BCUT2D eigenvalue weighted by Crippen LogP contribution is -2.13. The number of carbonyl (C=O) groups is 1. The van der Waals surface area contributed by atoms with Crippen LogP contribution in [-0.4, -0.2) is 20.9 Å². The molecule has 0 fully saturated rings. The molecule has 1 aromatic carbocycles. The van der Waals surface area contributed by atoms with Gasteiger partial charge in [0.05, 0.1) is 11.3 Å². The van der Waals surface area contributed by atoms with Crippen LogP contribution < -0.4 is 5.32 Å². The van der Waals surface area contributed by atoms with Crippen LogP contribution in [-0.2, 0) is 19.6 Å². The highest BCUT2D eigenvalue weighted by Crippen LogP contribution is 2.05. The first kappa shape index (κ1) is 14.3. The Morgan fingerprint density at radius 1 is 1.25 bits per heavy atom. The summed E-state index contributed by atoms with van der Waals surface area (Å²) in [5, 5.41) is 16.6. The van der Waals surface area contributed by atoms with Crippen molar-refractivity contribution in [2.45, 2.75) is 33.0 Å². The number of hydrogen-bond donors (Lipinski definition) is 2. The van der Waals surface area contributed by atoms with Gasteiger partial charge in [-0.3, -0.25) is 4.68 Å². The summed E-state index contributed by atoms with van der Waals surface area (Å²) in [5.41, 5.74) is 2.38. The van der Waals surface area contributed by atoms with Crippen molar-refractivity contribution in [3.8, 4) is 0 Å². The number of nitrogens with one attached hydrogen (secondary N) is 1. The Morgan fingerprint density at radius 2 is 2.00 bits per heavy atom. The first-order valence-electron chi connectivity index (χ1n) is 6.74. The van der Waals surface area contributed by atoms with Crippen molar-refractivity contribution in [3.05, 3.63) is 53.3 Å². The minimum absolute atomic E-state index is 0.312. The molecule has 5 heteroatoms. The summed E-state index contributed by atoms with van der Waals surface area (Å²) in [5.74, 6) is -0.897. The third-order valence-electron chi connectivity index (χ3n) is 2.98. The van der Waals surface area contributed by atoms with E-state index in [1.807, 2.05) is 29.1 Å². The summed E-state index contributed by atoms with van der Waals surface area (Å²) in [4.78, 5) is 10.7. The molecule has 0 saturated carbocycles. The number of carboxylic acid groups (broad SMARTS) is 1. The number of rotatable bonds is 7. The Balaban J connectivity index is 1.81. The van der Waals surface area contributed by atoms with Gasteiger partial charge in [-0.1, -0.05) is 19.1 Å². The molecule has 1 heterocycles. The number of hydrogen-bond acceptors (Lipinski definition) is 3. The van der Waals surface area contributed by atoms with Crippen LogP contribution in [0.2, 0.25) is 0 Å². The van der Waals surface area contributed by atoms with E-state index in [-0.39, 0.29) is 0 Å². The molecule has 0 bridgehead atoms. The van der Waals surface area contributed by atoms with Crippen molar-refractivity contribution in [2.75, 3.05) is 0 Å². The molecule has 0 atom stereocenters. The summed E-state index contributed by atoms with van der Waals surface area (Å²) >= 11 is 0. The van der Waals surface area contributed by atoms with Crippen molar-refractivity contribution in [2.24, 2.45) is 0 Å². The maximum absolute atomic E-state index is 10.7. The molecule has 2 rings (SSSR count). The highest BCUT2D eigenvalue weighted by atomic mass is 16.4. The maximum atomic E-state index is 10.7. The summed E-state index contributed by atoms with van der Waals surface area (Å²) < 4.78 is 1.94. The molecule has 2 aromatic rings. The van der Waals surface area contributed by atoms with E-state index in [0.29, 0.717) is 18.7 Å². The summed E-state index contributed by atoms with van der Waals surface area (Å²) in [6, 6.07) is 8.90. The van der Waals surface area contributed by atoms with E-state index in [1.54, 1.807) is 12.1 Å². The molecule has 20 heavy (non-hydrogen) atoms. The number of benzene rings is 1. The monoisotopic (exact) mass is 273 g/mol. The fourth-order valence-electron chi connectivity index (χ4n) is 1.95. The second kappa shape index (κ2) is 6.86. The van der Waals surface area contributed by atoms with E-state index in [9.17, 15) is 4.79 Å². The normalized spacial score (nSPS) is 10.7. The van der Waals surface area contributed by atoms with Gasteiger partial charge in [-0.15, -0.1) is 0 Å². The molecule has 0 saturated heterocycles. The summed E-state index contributed by atoms with van der Waals surface area (Å²) in [6.45, 7) is 4.47. The Hall–Kier alpha value is -2.14. The zero-order valence-electron chi connectivity index (χ0n) is 11.5. The Labute approximate surface area is 118 Å². The van der Waals surface area contributed by atoms with E-state index in [4.69, 9.17) is 5.11 Å². The van der Waals surface area contributed by atoms with Gasteiger partial charge in [0.2, 0.25) is 0 Å². The second-order valence-corrected chi connectivity index (χ2v) is 4.68. The molecule has 2 N–H and O–H groups in total. The van der Waals surface area contributed by atoms with Crippen LogP contribution in [0.15, 0.2) is 36.5 Å². The van der Waals surface area contributed by atoms with Gasteiger partial charge in [0.25, 0.3) is 0 Å². The van der Waals surface area contributed by atoms with Gasteiger partial charge in [0.15, 0.2) is 0 Å². The average Bonchev–Trinajstić information content (AvgIpc) is 2.87. The minimum Gasteiger partial charge on any atom is -0.478 e. The number of aromatic carboxylic acids is 1. The fraction of sp³-hybridized carbons (Fsp3) is 0.333. The smallest absolute Gasteiger partial charge is 0.335 e. The van der Waals surface area contributed by atoms with Crippen LogP contribution in [0.25, 0.3) is 0 Å². The Bertz CT molecular complexity index is 561. The lowest BCUT2D eigenvalue weighted by atomic mass is 10.1. The minimum atomic E-state index is -0.897. The largest absolute Gasteiger partial charge is 0.478 e. The van der Waals surface area contributed by atoms with Crippen LogP contribution in [0.5, 0.6) is 0 Å². The fourth-order valence-corrected chi connectivity index (χ4v) is 1.95. The molecule has 0 spiro atoms. The van der Waals surface area contributed by atoms with Gasteiger partial charge in [0, 0.05) is 25.8 Å². The van der Waals surface area contributed by atoms with Crippen molar-refractivity contribution >= 4 is 5.97 Å². The predicted octanol–water partition coefficient (Wildman–Crippen LogP) is 2.28. The zero-order valence-corrected chi connectivity index (χ0v) is 11.5. The number of aromatic nitrogens is 2. The molecule has 0 amide bonds. The van der Waals surface area contributed by atoms with Crippen molar-refractivity contribution in [1.29, 1.82) is 0 Å². The predicted molar refractivity (Wildman–Crippen MR) is 76.5 cm³/mol. The van der Waals surface area contributed by atoms with Crippen molar-refractivity contribution in [1.82, 2.24) is 15.1 Å². The highest BCUT2D eigenvalue weighted by molar-refractivity contribution is 5.87. The van der Waals surface area contributed by atoms with Gasteiger partial charge >= 0.3 is 5.97 Å². The van der Waals surface area contributed by atoms with E-state index in [0.717, 1.165) is 24.2 Å². The molecule has 0 aliphatic carbocycles. The lowest BCUT2D eigenvalue weighted by Gasteiger charge is -2.04. The molecule has 1 aromatic heterocycles. The van der Waals surface area contributed by atoms with Crippen LogP contribution in [0.1, 0.15) is 35.0 Å². The average molecular weight is 273 g/mol. The van der Waals surface area contributed by atoms with Crippen LogP contribution >= 0.6 is 0 Å². The first-order chi connectivity index (χ1) is 9.69. The van der Waals surface area contributed by atoms with Gasteiger partial charge in [-0.25, -0.2) is 4.79 Å². The number of carboxylic acids is 1. The molecular weight excluding hydrogens is 254 g/mol. The van der Waals surface area contributed by atoms with Gasteiger partial charge in [-0.2, -0.15) is 5.10 Å². The molecule has 106 valence electrons. The van der Waals surface area contributed by atoms with Crippen molar-refractivity contribution in [3.63, 3.8) is 0 Å². The van der Waals surface area contributed by atoms with E-state index < -0.39 is 5.97 Å². The van der Waals surface area contributed by atoms with Crippen molar-refractivity contribution < 1.29 is 9.90 Å². The second-order valence-electron chi connectivity index (χ2n) is 4.68. The Morgan fingerprint density at radius 3 is 2.65 bits per heavy atom. The van der Waals surface area contributed by atoms with Crippen LogP contribution in [0, 0.1) is 0 Å². The quantitative estimate of drug-likeness (QED) is 0.812. The summed E-state index contributed by atoms with van der Waals surface area (Å²) in [7, 11) is 0. The van der Waals surface area contributed by atoms with Crippen LogP contribution in [0.4, 0.5) is 0 Å². The van der Waals surface area contributed by atoms with Gasteiger partial charge in [0.1, 0.15) is 0 Å². The SMILES string of the molecule is CCCn1ccc(CNCc2ccc(C(=O)O)cc2)n1. The highest BCUT2D eigenvalue weighted by Gasteiger charge is 2.02. The maximum Gasteiger partial charge on any atom is 0.335 e. The molecule has 5 nitrogen and oxygen atoms in total.